The van der Waals surface area contributed by atoms with Gasteiger partial charge in [-0.25, -0.2) is 8.42 Å². The summed E-state index contributed by atoms with van der Waals surface area (Å²) in [5.74, 6) is -0.823. The Kier molecular flexibility index (Phi) is 10.4. The normalized spacial score (nSPS) is 13.1. The van der Waals surface area contributed by atoms with Gasteiger partial charge in [0.2, 0.25) is 21.8 Å². The summed E-state index contributed by atoms with van der Waals surface area (Å²) in [6.07, 6.45) is 2.12. The van der Waals surface area contributed by atoms with Crippen molar-refractivity contribution >= 4 is 50.7 Å². The minimum Gasteiger partial charge on any atom is -0.352 e. The Balaban J connectivity index is 2.48. The van der Waals surface area contributed by atoms with Gasteiger partial charge in [-0.05, 0) is 62.1 Å². The number of sulfonamides is 1. The Hall–Kier alpha value is -2.29. The topological polar surface area (TPSA) is 86.8 Å². The fraction of sp³-hybridized carbons (Fsp3) is 0.440. The number of amides is 2. The molecule has 35 heavy (non-hydrogen) atoms. The Labute approximate surface area is 218 Å². The lowest BCUT2D eigenvalue weighted by atomic mass is 10.1. The highest BCUT2D eigenvalue weighted by Gasteiger charge is 2.32. The van der Waals surface area contributed by atoms with Crippen molar-refractivity contribution in [1.82, 2.24) is 10.2 Å². The molecule has 2 atom stereocenters. The molecular formula is C25H33Cl2N3O4S. The van der Waals surface area contributed by atoms with E-state index in [9.17, 15) is 18.0 Å². The zero-order chi connectivity index (χ0) is 26.3. The summed E-state index contributed by atoms with van der Waals surface area (Å²) in [5.41, 5.74) is 1.83. The van der Waals surface area contributed by atoms with Crippen molar-refractivity contribution in [2.24, 2.45) is 0 Å². The molecule has 0 aliphatic carbocycles. The molecule has 0 saturated heterocycles. The van der Waals surface area contributed by atoms with Gasteiger partial charge in [0.05, 0.1) is 11.9 Å². The monoisotopic (exact) mass is 541 g/mol. The van der Waals surface area contributed by atoms with Crippen LogP contribution in [0.15, 0.2) is 42.5 Å². The molecule has 0 fully saturated rings. The maximum absolute atomic E-state index is 13.7. The molecule has 0 unspecified atom stereocenters. The van der Waals surface area contributed by atoms with Gasteiger partial charge in [-0.3, -0.25) is 13.9 Å². The van der Waals surface area contributed by atoms with Gasteiger partial charge in [0.15, 0.2) is 0 Å². The van der Waals surface area contributed by atoms with Crippen LogP contribution in [0.3, 0.4) is 0 Å². The number of carbonyl (C=O) groups is 2. The van der Waals surface area contributed by atoms with Crippen molar-refractivity contribution in [3.63, 3.8) is 0 Å². The number of nitrogens with one attached hydrogen (secondary N) is 1. The summed E-state index contributed by atoms with van der Waals surface area (Å²) < 4.78 is 26.4. The first-order valence-electron chi connectivity index (χ1n) is 11.5. The molecule has 0 aliphatic heterocycles. The van der Waals surface area contributed by atoms with Gasteiger partial charge in [0, 0.05) is 22.6 Å². The predicted molar refractivity (Wildman–Crippen MR) is 142 cm³/mol. The third-order valence-corrected chi connectivity index (χ3v) is 7.44. The van der Waals surface area contributed by atoms with E-state index in [1.54, 1.807) is 43.3 Å². The van der Waals surface area contributed by atoms with Crippen LogP contribution in [-0.2, 0) is 26.2 Å². The number of aryl methyl sites for hydroxylation is 1. The van der Waals surface area contributed by atoms with E-state index in [4.69, 9.17) is 23.2 Å². The highest BCUT2D eigenvalue weighted by molar-refractivity contribution is 7.92. The minimum atomic E-state index is -3.78. The van der Waals surface area contributed by atoms with Crippen LogP contribution in [0, 0.1) is 6.92 Å². The number of rotatable bonds is 11. The number of benzene rings is 2. The lowest BCUT2D eigenvalue weighted by molar-refractivity contribution is -0.140. The van der Waals surface area contributed by atoms with E-state index in [0.29, 0.717) is 27.7 Å². The largest absolute Gasteiger partial charge is 0.352 e. The Morgan fingerprint density at radius 1 is 1.06 bits per heavy atom. The molecule has 0 spiro atoms. The molecule has 2 amide bonds. The van der Waals surface area contributed by atoms with Crippen LogP contribution < -0.4 is 9.62 Å². The minimum absolute atomic E-state index is 0.0205. The van der Waals surface area contributed by atoms with Crippen molar-refractivity contribution in [2.75, 3.05) is 17.1 Å². The Morgan fingerprint density at radius 3 is 2.29 bits per heavy atom. The van der Waals surface area contributed by atoms with Crippen LogP contribution >= 0.6 is 23.2 Å². The second-order valence-corrected chi connectivity index (χ2v) is 11.4. The molecule has 0 saturated carbocycles. The summed E-state index contributed by atoms with van der Waals surface area (Å²) in [6, 6.07) is 10.9. The van der Waals surface area contributed by atoms with Gasteiger partial charge < -0.3 is 10.2 Å². The van der Waals surface area contributed by atoms with Crippen molar-refractivity contribution in [1.29, 1.82) is 0 Å². The molecule has 192 valence electrons. The predicted octanol–water partition coefficient (Wildman–Crippen LogP) is 4.79. The van der Waals surface area contributed by atoms with Crippen LogP contribution in [0.25, 0.3) is 0 Å². The highest BCUT2D eigenvalue weighted by atomic mass is 35.5. The Morgan fingerprint density at radius 2 is 1.74 bits per heavy atom. The first kappa shape index (κ1) is 28.9. The van der Waals surface area contributed by atoms with E-state index >= 15 is 0 Å². The van der Waals surface area contributed by atoms with E-state index in [2.05, 4.69) is 5.32 Å². The molecule has 0 aromatic heterocycles. The smallest absolute Gasteiger partial charge is 0.244 e. The summed E-state index contributed by atoms with van der Waals surface area (Å²) in [7, 11) is -3.78. The third-order valence-electron chi connectivity index (χ3n) is 5.71. The molecule has 2 aromatic carbocycles. The van der Waals surface area contributed by atoms with E-state index in [1.165, 1.54) is 4.90 Å². The van der Waals surface area contributed by atoms with Gasteiger partial charge in [0.1, 0.15) is 12.6 Å². The van der Waals surface area contributed by atoms with Gasteiger partial charge in [-0.15, -0.1) is 0 Å². The molecule has 0 radical (unpaired) electrons. The van der Waals surface area contributed by atoms with Gasteiger partial charge >= 0.3 is 0 Å². The first-order chi connectivity index (χ1) is 16.4. The maximum Gasteiger partial charge on any atom is 0.244 e. The summed E-state index contributed by atoms with van der Waals surface area (Å²) in [4.78, 5) is 28.2. The van der Waals surface area contributed by atoms with Gasteiger partial charge in [0.25, 0.3) is 0 Å². The molecule has 7 nitrogen and oxygen atoms in total. The fourth-order valence-electron chi connectivity index (χ4n) is 3.59. The standard InChI is InChI=1S/C25H33Cl2N3O4S/c1-6-18(4)28-25(32)23(7-2)29(15-19-11-12-20(26)14-22(19)27)24(31)16-30(35(5,33)34)21-10-8-9-17(3)13-21/h8-14,18,23H,6-7,15-16H2,1-5H3,(H,28,32)/t18-,23-/m0/s1. The molecule has 2 aromatic rings. The van der Waals surface area contributed by atoms with Crippen LogP contribution in [0.1, 0.15) is 44.7 Å². The zero-order valence-electron chi connectivity index (χ0n) is 20.7. The Bertz CT molecular complexity index is 1160. The molecule has 0 bridgehead atoms. The quantitative estimate of drug-likeness (QED) is 0.443. The maximum atomic E-state index is 13.7. The van der Waals surface area contributed by atoms with Gasteiger partial charge in [-0.2, -0.15) is 0 Å². The molecule has 1 N–H and O–H groups in total. The lowest BCUT2D eigenvalue weighted by Crippen LogP contribution is -2.53. The summed E-state index contributed by atoms with van der Waals surface area (Å²) in [5, 5.41) is 3.73. The van der Waals surface area contributed by atoms with Crippen molar-refractivity contribution in [3.05, 3.63) is 63.6 Å². The van der Waals surface area contributed by atoms with Crippen LogP contribution in [0.5, 0.6) is 0 Å². The summed E-state index contributed by atoms with van der Waals surface area (Å²) >= 11 is 12.4. The SMILES string of the molecule is CC[C@H](C)NC(=O)[C@H](CC)N(Cc1ccc(Cl)cc1Cl)C(=O)CN(c1cccc(C)c1)S(C)(=O)=O. The number of carbonyl (C=O) groups excluding carboxylic acids is 2. The average Bonchev–Trinajstić information content (AvgIpc) is 2.77. The fourth-order valence-corrected chi connectivity index (χ4v) is 4.90. The second-order valence-electron chi connectivity index (χ2n) is 8.61. The zero-order valence-corrected chi connectivity index (χ0v) is 23.0. The molecule has 0 heterocycles. The van der Waals surface area contributed by atoms with E-state index in [0.717, 1.165) is 22.5 Å². The number of hydrogen-bond donors (Lipinski definition) is 1. The number of halogens is 2. The first-order valence-corrected chi connectivity index (χ1v) is 14.1. The molecular weight excluding hydrogens is 509 g/mol. The van der Waals surface area contributed by atoms with Crippen LogP contribution in [-0.4, -0.2) is 50.0 Å². The third kappa shape index (κ3) is 8.12. The van der Waals surface area contributed by atoms with E-state index < -0.39 is 28.5 Å². The molecule has 10 heteroatoms. The van der Waals surface area contributed by atoms with Crippen LogP contribution in [0.4, 0.5) is 5.69 Å². The number of nitrogens with zero attached hydrogens (tertiary/aromatic N) is 2. The van der Waals surface area contributed by atoms with Crippen molar-refractivity contribution in [2.45, 2.75) is 59.2 Å². The van der Waals surface area contributed by atoms with E-state index in [-0.39, 0.29) is 18.5 Å². The number of anilines is 1. The lowest BCUT2D eigenvalue weighted by Gasteiger charge is -2.33. The second kappa shape index (κ2) is 12.6. The summed E-state index contributed by atoms with van der Waals surface area (Å²) in [6.45, 7) is 7.05. The van der Waals surface area contributed by atoms with Crippen LogP contribution in [0.2, 0.25) is 10.0 Å². The molecule has 0 aliphatic rings. The van der Waals surface area contributed by atoms with Gasteiger partial charge in [-0.1, -0.05) is 55.2 Å². The highest BCUT2D eigenvalue weighted by Crippen LogP contribution is 2.25. The van der Waals surface area contributed by atoms with E-state index in [1.807, 2.05) is 26.8 Å². The van der Waals surface area contributed by atoms with Crippen molar-refractivity contribution in [3.8, 4) is 0 Å². The average molecular weight is 543 g/mol. The number of hydrogen-bond acceptors (Lipinski definition) is 4. The van der Waals surface area contributed by atoms with Crippen molar-refractivity contribution < 1.29 is 18.0 Å². The molecule has 2 rings (SSSR count).